The molecule has 0 bridgehead atoms. The number of anilines is 3. The minimum Gasteiger partial charge on any atom is -0.493 e. The van der Waals surface area contributed by atoms with Crippen LogP contribution in [0.2, 0.25) is 0 Å². The second kappa shape index (κ2) is 13.0. The summed E-state index contributed by atoms with van der Waals surface area (Å²) >= 11 is 0. The summed E-state index contributed by atoms with van der Waals surface area (Å²) in [7, 11) is 5.18. The number of nitrogens with zero attached hydrogens (tertiary/aromatic N) is 3. The molecule has 0 saturated heterocycles. The number of ether oxygens (including phenoxy) is 3. The SMILES string of the molecule is COCCOc1cc2ncnc(Nc3ccc(N(C)CCc4c[nH]c5ccccc45)c(C4=CC(=O)C=CC4=O)c3)c2cc1OC. The number of H-pyrrole nitrogens is 1. The van der Waals surface area contributed by atoms with Gasteiger partial charge in [-0.1, -0.05) is 18.2 Å². The topological polar surface area (TPSA) is 119 Å². The first-order chi connectivity index (χ1) is 21.9. The van der Waals surface area contributed by atoms with Crippen LogP contribution >= 0.6 is 0 Å². The third kappa shape index (κ3) is 6.27. The summed E-state index contributed by atoms with van der Waals surface area (Å²) in [5, 5.41) is 5.30. The number of carbonyl (C=O) groups excluding carboxylic acids is 2. The van der Waals surface area contributed by atoms with E-state index in [1.165, 1.54) is 35.5 Å². The molecule has 0 amide bonds. The quantitative estimate of drug-likeness (QED) is 0.138. The summed E-state index contributed by atoms with van der Waals surface area (Å²) in [5.74, 6) is 1.18. The van der Waals surface area contributed by atoms with Gasteiger partial charge in [-0.15, -0.1) is 0 Å². The molecule has 0 aliphatic heterocycles. The van der Waals surface area contributed by atoms with E-state index in [-0.39, 0.29) is 11.6 Å². The number of allylic oxidation sites excluding steroid dienone is 4. The molecular formula is C35H33N5O5. The Hall–Kier alpha value is -5.48. The van der Waals surface area contributed by atoms with Gasteiger partial charge in [-0.2, -0.15) is 0 Å². The van der Waals surface area contributed by atoms with Gasteiger partial charge in [0, 0.05) is 71.8 Å². The van der Waals surface area contributed by atoms with Crippen molar-refractivity contribution in [2.24, 2.45) is 0 Å². The molecule has 2 heterocycles. The Morgan fingerprint density at radius 2 is 1.80 bits per heavy atom. The van der Waals surface area contributed by atoms with E-state index in [9.17, 15) is 9.59 Å². The van der Waals surface area contributed by atoms with Crippen molar-refractivity contribution in [1.82, 2.24) is 15.0 Å². The molecule has 0 fully saturated rings. The van der Waals surface area contributed by atoms with Crippen LogP contribution in [0.4, 0.5) is 17.2 Å². The Morgan fingerprint density at radius 1 is 0.933 bits per heavy atom. The maximum absolute atomic E-state index is 13.0. The van der Waals surface area contributed by atoms with E-state index < -0.39 is 0 Å². The average molecular weight is 604 g/mol. The number of hydrogen-bond donors (Lipinski definition) is 2. The highest BCUT2D eigenvalue weighted by molar-refractivity contribution is 6.34. The minimum atomic E-state index is -0.229. The molecule has 3 aromatic carbocycles. The third-order valence-corrected chi connectivity index (χ3v) is 7.77. The number of likely N-dealkylation sites (N-methyl/N-ethyl adjacent to an activating group) is 1. The van der Waals surface area contributed by atoms with Gasteiger partial charge in [0.15, 0.2) is 23.1 Å². The summed E-state index contributed by atoms with van der Waals surface area (Å²) in [6.07, 6.45) is 8.32. The van der Waals surface area contributed by atoms with E-state index in [1.54, 1.807) is 20.3 Å². The second-order valence-corrected chi connectivity index (χ2v) is 10.6. The lowest BCUT2D eigenvalue weighted by atomic mass is 9.94. The van der Waals surface area contributed by atoms with Crippen LogP contribution in [0.25, 0.3) is 27.4 Å². The highest BCUT2D eigenvalue weighted by Crippen LogP contribution is 2.37. The maximum atomic E-state index is 13.0. The van der Waals surface area contributed by atoms with Gasteiger partial charge in [-0.3, -0.25) is 9.59 Å². The number of benzene rings is 3. The van der Waals surface area contributed by atoms with Crippen LogP contribution in [0.3, 0.4) is 0 Å². The molecule has 2 N–H and O–H groups in total. The van der Waals surface area contributed by atoms with Gasteiger partial charge in [0.05, 0.1) is 19.2 Å². The largest absolute Gasteiger partial charge is 0.493 e. The van der Waals surface area contributed by atoms with Crippen molar-refractivity contribution in [1.29, 1.82) is 0 Å². The van der Waals surface area contributed by atoms with Crippen molar-refractivity contribution < 1.29 is 23.8 Å². The lowest BCUT2D eigenvalue weighted by Gasteiger charge is -2.24. The van der Waals surface area contributed by atoms with Gasteiger partial charge >= 0.3 is 0 Å². The zero-order chi connectivity index (χ0) is 31.3. The molecule has 5 aromatic rings. The van der Waals surface area contributed by atoms with Crippen molar-refractivity contribution in [3.05, 3.63) is 96.5 Å². The van der Waals surface area contributed by atoms with Crippen molar-refractivity contribution >= 4 is 56.1 Å². The summed E-state index contributed by atoms with van der Waals surface area (Å²) in [5.41, 5.74) is 5.47. The van der Waals surface area contributed by atoms with Crippen molar-refractivity contribution in [3.8, 4) is 11.5 Å². The molecule has 0 radical (unpaired) electrons. The third-order valence-electron chi connectivity index (χ3n) is 7.77. The van der Waals surface area contributed by atoms with Crippen LogP contribution in [0.5, 0.6) is 11.5 Å². The zero-order valence-corrected chi connectivity index (χ0v) is 25.3. The normalized spacial score (nSPS) is 12.9. The number of ketones is 2. The molecule has 1 aliphatic carbocycles. The number of nitrogens with one attached hydrogen (secondary N) is 2. The Bertz CT molecular complexity index is 1960. The van der Waals surface area contributed by atoms with E-state index in [4.69, 9.17) is 14.2 Å². The number of rotatable bonds is 12. The summed E-state index contributed by atoms with van der Waals surface area (Å²) < 4.78 is 16.5. The second-order valence-electron chi connectivity index (χ2n) is 10.6. The number of aromatic nitrogens is 3. The molecule has 0 saturated carbocycles. The standard InChI is InChI=1S/C35H33N5O5/c1-40(13-12-22-20-36-29-7-5-4-6-25(22)29)31-10-8-23(16-26(31)27-17-24(41)9-11-32(27)42)39-35-28-18-33(44-3)34(45-15-14-43-2)19-30(28)37-21-38-35/h4-11,16-21,36H,12-15H2,1-3H3,(H,37,38,39). The fourth-order valence-electron chi connectivity index (χ4n) is 5.44. The van der Waals surface area contributed by atoms with Crippen molar-refractivity contribution in [2.45, 2.75) is 6.42 Å². The summed E-state index contributed by atoms with van der Waals surface area (Å²) in [4.78, 5) is 39.8. The van der Waals surface area contributed by atoms with E-state index >= 15 is 0 Å². The van der Waals surface area contributed by atoms with E-state index in [0.29, 0.717) is 59.4 Å². The van der Waals surface area contributed by atoms with Crippen molar-refractivity contribution in [2.75, 3.05) is 51.2 Å². The lowest BCUT2D eigenvalue weighted by Crippen LogP contribution is -2.22. The number of carbonyl (C=O) groups is 2. The number of methoxy groups -OCH3 is 2. The molecule has 0 unspecified atom stereocenters. The molecule has 228 valence electrons. The number of para-hydroxylation sites is 1. The van der Waals surface area contributed by atoms with Crippen LogP contribution < -0.4 is 19.7 Å². The monoisotopic (exact) mass is 603 g/mol. The predicted molar refractivity (Wildman–Crippen MR) is 176 cm³/mol. The molecule has 0 atom stereocenters. The van der Waals surface area contributed by atoms with Crippen LogP contribution in [0.1, 0.15) is 11.1 Å². The summed E-state index contributed by atoms with van der Waals surface area (Å²) in [6.45, 7) is 1.50. The molecule has 1 aliphatic rings. The highest BCUT2D eigenvalue weighted by atomic mass is 16.5. The fraction of sp³-hybridized carbons (Fsp3) is 0.200. The molecule has 10 nitrogen and oxygen atoms in total. The van der Waals surface area contributed by atoms with Gasteiger partial charge in [-0.25, -0.2) is 9.97 Å². The van der Waals surface area contributed by atoms with Crippen LogP contribution in [-0.2, 0) is 20.7 Å². The van der Waals surface area contributed by atoms with Crippen LogP contribution in [0, 0.1) is 0 Å². The maximum Gasteiger partial charge on any atom is 0.186 e. The predicted octanol–water partition coefficient (Wildman–Crippen LogP) is 5.66. The molecule has 2 aromatic heterocycles. The Balaban J connectivity index is 1.33. The first-order valence-electron chi connectivity index (χ1n) is 14.6. The van der Waals surface area contributed by atoms with Gasteiger partial charge in [0.2, 0.25) is 0 Å². The number of fused-ring (bicyclic) bond motifs is 2. The fourth-order valence-corrected chi connectivity index (χ4v) is 5.44. The van der Waals surface area contributed by atoms with Gasteiger partial charge in [0.25, 0.3) is 0 Å². The highest BCUT2D eigenvalue weighted by Gasteiger charge is 2.21. The lowest BCUT2D eigenvalue weighted by molar-refractivity contribution is -0.113. The Morgan fingerprint density at radius 3 is 2.64 bits per heavy atom. The zero-order valence-electron chi connectivity index (χ0n) is 25.3. The Kier molecular flexibility index (Phi) is 8.56. The van der Waals surface area contributed by atoms with E-state index in [0.717, 1.165) is 23.0 Å². The Labute approximate surface area is 260 Å². The van der Waals surface area contributed by atoms with Gasteiger partial charge in [0.1, 0.15) is 18.8 Å². The first-order valence-corrected chi connectivity index (χ1v) is 14.6. The van der Waals surface area contributed by atoms with E-state index in [2.05, 4.69) is 37.3 Å². The molecule has 10 heteroatoms. The molecule has 45 heavy (non-hydrogen) atoms. The molecular weight excluding hydrogens is 570 g/mol. The first kappa shape index (κ1) is 29.6. The smallest absolute Gasteiger partial charge is 0.186 e. The van der Waals surface area contributed by atoms with Crippen LogP contribution in [0.15, 0.2) is 85.3 Å². The minimum absolute atomic E-state index is 0.226. The number of hydrogen-bond acceptors (Lipinski definition) is 9. The van der Waals surface area contributed by atoms with E-state index in [1.807, 2.05) is 49.6 Å². The van der Waals surface area contributed by atoms with Gasteiger partial charge in [-0.05, 0) is 60.5 Å². The average Bonchev–Trinajstić information content (AvgIpc) is 3.47. The van der Waals surface area contributed by atoms with Crippen LogP contribution in [-0.4, -0.2) is 67.5 Å². The molecule has 0 spiro atoms. The number of aromatic amines is 1. The van der Waals surface area contributed by atoms with Crippen molar-refractivity contribution in [3.63, 3.8) is 0 Å². The van der Waals surface area contributed by atoms with Gasteiger partial charge < -0.3 is 29.4 Å². The summed E-state index contributed by atoms with van der Waals surface area (Å²) in [6, 6.07) is 17.6. The molecule has 6 rings (SSSR count).